The molecule has 2 unspecified atom stereocenters. The zero-order chi connectivity index (χ0) is 15.6. The van der Waals surface area contributed by atoms with Crippen LogP contribution in [0, 0.1) is 11.8 Å². The Kier molecular flexibility index (Phi) is 5.46. The molecule has 1 aromatic heterocycles. The van der Waals surface area contributed by atoms with Gasteiger partial charge in [0.15, 0.2) is 0 Å². The Hall–Kier alpha value is -0.430. The summed E-state index contributed by atoms with van der Waals surface area (Å²) in [5.41, 5.74) is 0. The summed E-state index contributed by atoms with van der Waals surface area (Å²) < 4.78 is 27.5. The summed E-state index contributed by atoms with van der Waals surface area (Å²) in [6, 6.07) is 4.07. The van der Waals surface area contributed by atoms with Crippen molar-refractivity contribution in [2.45, 2.75) is 50.9 Å². The van der Waals surface area contributed by atoms with E-state index in [2.05, 4.69) is 33.0 Å². The first-order valence-corrected chi connectivity index (χ1v) is 9.88. The summed E-state index contributed by atoms with van der Waals surface area (Å²) in [5, 5.41) is 3.32. The molecule has 1 fully saturated rings. The van der Waals surface area contributed by atoms with Crippen molar-refractivity contribution < 1.29 is 8.42 Å². The second-order valence-corrected chi connectivity index (χ2v) is 9.70. The molecule has 0 amide bonds. The summed E-state index contributed by atoms with van der Waals surface area (Å²) in [6.07, 6.45) is 0.952. The van der Waals surface area contributed by atoms with Crippen LogP contribution in [0.4, 0.5) is 0 Å². The molecule has 0 spiro atoms. The Bertz CT molecular complexity index is 566. The van der Waals surface area contributed by atoms with Gasteiger partial charge in [-0.15, -0.1) is 11.3 Å². The number of nitrogens with zero attached hydrogens (tertiary/aromatic N) is 1. The van der Waals surface area contributed by atoms with Crippen LogP contribution in [-0.2, 0) is 16.6 Å². The number of hydrogen-bond acceptors (Lipinski definition) is 4. The van der Waals surface area contributed by atoms with Gasteiger partial charge in [-0.1, -0.05) is 27.7 Å². The maximum Gasteiger partial charge on any atom is 0.252 e. The van der Waals surface area contributed by atoms with Crippen LogP contribution in [0.25, 0.3) is 0 Å². The third kappa shape index (κ3) is 4.06. The number of hydrogen-bond donors (Lipinski definition) is 1. The smallest absolute Gasteiger partial charge is 0.252 e. The monoisotopic (exact) mass is 330 g/mol. The molecule has 1 N–H and O–H groups in total. The lowest BCUT2D eigenvalue weighted by atomic mass is 9.90. The summed E-state index contributed by atoms with van der Waals surface area (Å²) in [6.45, 7) is 10.5. The maximum absolute atomic E-state index is 12.7. The minimum atomic E-state index is -3.31. The second-order valence-electron chi connectivity index (χ2n) is 6.36. The molecule has 1 aliphatic rings. The Morgan fingerprint density at radius 3 is 2.67 bits per heavy atom. The van der Waals surface area contributed by atoms with E-state index < -0.39 is 10.0 Å². The normalized spacial score (nSPS) is 24.6. The second kappa shape index (κ2) is 6.77. The SMILES string of the molecule is CC(C)NCc1ccc(S(=O)(=O)N2CCC(C)C(C)C2)s1. The minimum Gasteiger partial charge on any atom is -0.310 e. The average Bonchev–Trinajstić information content (AvgIpc) is 2.89. The highest BCUT2D eigenvalue weighted by molar-refractivity contribution is 7.91. The highest BCUT2D eigenvalue weighted by Crippen LogP contribution is 2.30. The van der Waals surface area contributed by atoms with Crippen LogP contribution in [0.1, 0.15) is 39.0 Å². The topological polar surface area (TPSA) is 49.4 Å². The molecule has 21 heavy (non-hydrogen) atoms. The van der Waals surface area contributed by atoms with E-state index in [9.17, 15) is 8.42 Å². The van der Waals surface area contributed by atoms with Gasteiger partial charge in [0.2, 0.25) is 0 Å². The van der Waals surface area contributed by atoms with E-state index in [4.69, 9.17) is 0 Å². The molecule has 2 heterocycles. The van der Waals surface area contributed by atoms with E-state index in [0.717, 1.165) is 17.8 Å². The van der Waals surface area contributed by atoms with Crippen LogP contribution in [0.3, 0.4) is 0 Å². The lowest BCUT2D eigenvalue weighted by Crippen LogP contribution is -2.41. The van der Waals surface area contributed by atoms with Crippen molar-refractivity contribution in [3.05, 3.63) is 17.0 Å². The molecule has 6 heteroatoms. The molecule has 1 aliphatic heterocycles. The molecule has 2 rings (SSSR count). The predicted octanol–water partition coefficient (Wildman–Crippen LogP) is 2.91. The molecule has 4 nitrogen and oxygen atoms in total. The van der Waals surface area contributed by atoms with Crippen molar-refractivity contribution in [3.63, 3.8) is 0 Å². The van der Waals surface area contributed by atoms with Gasteiger partial charge < -0.3 is 5.32 Å². The zero-order valence-corrected chi connectivity index (χ0v) is 14.9. The maximum atomic E-state index is 12.7. The number of rotatable bonds is 5. The van der Waals surface area contributed by atoms with E-state index >= 15 is 0 Å². The van der Waals surface area contributed by atoms with E-state index in [1.165, 1.54) is 11.3 Å². The standard InChI is InChI=1S/C15H26N2O2S2/c1-11(2)16-9-14-5-6-15(20-14)21(18,19)17-8-7-12(3)13(4)10-17/h5-6,11-13,16H,7-10H2,1-4H3. The quantitative estimate of drug-likeness (QED) is 0.903. The molecule has 2 atom stereocenters. The van der Waals surface area contributed by atoms with Crippen molar-refractivity contribution in [2.75, 3.05) is 13.1 Å². The van der Waals surface area contributed by atoms with E-state index in [-0.39, 0.29) is 0 Å². The average molecular weight is 331 g/mol. The van der Waals surface area contributed by atoms with Gasteiger partial charge in [0.1, 0.15) is 4.21 Å². The van der Waals surface area contributed by atoms with Crippen molar-refractivity contribution in [3.8, 4) is 0 Å². The van der Waals surface area contributed by atoms with E-state index in [0.29, 0.717) is 35.2 Å². The Morgan fingerprint density at radius 2 is 2.05 bits per heavy atom. The molecule has 0 saturated carbocycles. The molecular weight excluding hydrogens is 304 g/mol. The Balaban J connectivity index is 2.09. The molecule has 0 aliphatic carbocycles. The molecule has 1 aromatic rings. The van der Waals surface area contributed by atoms with Gasteiger partial charge in [-0.05, 0) is 30.4 Å². The minimum absolute atomic E-state index is 0.400. The first kappa shape index (κ1) is 16.9. The predicted molar refractivity (Wildman–Crippen MR) is 88.0 cm³/mol. The van der Waals surface area contributed by atoms with Crippen LogP contribution in [-0.4, -0.2) is 31.9 Å². The molecule has 120 valence electrons. The highest BCUT2D eigenvalue weighted by Gasteiger charge is 2.32. The van der Waals surface area contributed by atoms with Crippen LogP contribution in [0.2, 0.25) is 0 Å². The fourth-order valence-corrected chi connectivity index (χ4v) is 5.48. The lowest BCUT2D eigenvalue weighted by Gasteiger charge is -2.34. The van der Waals surface area contributed by atoms with E-state index in [1.54, 1.807) is 10.4 Å². The van der Waals surface area contributed by atoms with Crippen molar-refractivity contribution in [2.24, 2.45) is 11.8 Å². The van der Waals surface area contributed by atoms with Gasteiger partial charge in [-0.2, -0.15) is 4.31 Å². The lowest BCUT2D eigenvalue weighted by molar-refractivity contribution is 0.213. The van der Waals surface area contributed by atoms with Crippen LogP contribution in [0.15, 0.2) is 16.3 Å². The number of piperidine rings is 1. The van der Waals surface area contributed by atoms with Crippen molar-refractivity contribution in [1.82, 2.24) is 9.62 Å². The molecule has 0 radical (unpaired) electrons. The zero-order valence-electron chi connectivity index (χ0n) is 13.3. The summed E-state index contributed by atoms with van der Waals surface area (Å²) in [4.78, 5) is 1.07. The Labute approximate surface area is 132 Å². The molecule has 1 saturated heterocycles. The van der Waals surface area contributed by atoms with Crippen molar-refractivity contribution >= 4 is 21.4 Å². The first-order chi connectivity index (χ1) is 9.80. The molecule has 0 aromatic carbocycles. The third-order valence-corrected chi connectivity index (χ3v) is 7.63. The first-order valence-electron chi connectivity index (χ1n) is 7.63. The fourth-order valence-electron chi connectivity index (χ4n) is 2.47. The van der Waals surface area contributed by atoms with Gasteiger partial charge in [0, 0.05) is 30.6 Å². The largest absolute Gasteiger partial charge is 0.310 e. The summed E-state index contributed by atoms with van der Waals surface area (Å²) in [5.74, 6) is 1.03. The number of nitrogens with one attached hydrogen (secondary N) is 1. The van der Waals surface area contributed by atoms with Gasteiger partial charge in [0.25, 0.3) is 10.0 Å². The van der Waals surface area contributed by atoms with Crippen LogP contribution < -0.4 is 5.32 Å². The molecule has 0 bridgehead atoms. The van der Waals surface area contributed by atoms with Gasteiger partial charge in [-0.25, -0.2) is 8.42 Å². The van der Waals surface area contributed by atoms with Crippen molar-refractivity contribution in [1.29, 1.82) is 0 Å². The van der Waals surface area contributed by atoms with Crippen LogP contribution in [0.5, 0.6) is 0 Å². The van der Waals surface area contributed by atoms with Crippen LogP contribution >= 0.6 is 11.3 Å². The molecular formula is C15H26N2O2S2. The Morgan fingerprint density at radius 1 is 1.33 bits per heavy atom. The van der Waals surface area contributed by atoms with Gasteiger partial charge in [-0.3, -0.25) is 0 Å². The number of thiophene rings is 1. The summed E-state index contributed by atoms with van der Waals surface area (Å²) >= 11 is 1.39. The van der Waals surface area contributed by atoms with E-state index in [1.807, 2.05) is 6.07 Å². The summed E-state index contributed by atoms with van der Waals surface area (Å²) in [7, 11) is -3.31. The third-order valence-electron chi connectivity index (χ3n) is 4.21. The highest BCUT2D eigenvalue weighted by atomic mass is 32.2. The number of sulfonamides is 1. The van der Waals surface area contributed by atoms with Gasteiger partial charge in [0.05, 0.1) is 0 Å². The van der Waals surface area contributed by atoms with Gasteiger partial charge >= 0.3 is 0 Å². The fraction of sp³-hybridized carbons (Fsp3) is 0.733.